The number of carbonyl (C=O) groups is 1. The van der Waals surface area contributed by atoms with E-state index in [0.29, 0.717) is 38.2 Å². The molecule has 168 valence electrons. The van der Waals surface area contributed by atoms with Crippen LogP contribution in [0.5, 0.6) is 0 Å². The van der Waals surface area contributed by atoms with E-state index < -0.39 is 6.09 Å². The van der Waals surface area contributed by atoms with Crippen LogP contribution < -0.4 is 9.80 Å². The predicted octanol–water partition coefficient (Wildman–Crippen LogP) is 4.01. The van der Waals surface area contributed by atoms with Crippen molar-refractivity contribution >= 4 is 34.4 Å². The predicted molar refractivity (Wildman–Crippen MR) is 124 cm³/mol. The highest BCUT2D eigenvalue weighted by Gasteiger charge is 2.25. The number of fused-ring (bicyclic) bond motifs is 1. The van der Waals surface area contributed by atoms with E-state index in [-0.39, 0.29) is 0 Å². The van der Waals surface area contributed by atoms with Crippen LogP contribution in [0.2, 0.25) is 0 Å². The fourth-order valence-corrected chi connectivity index (χ4v) is 4.83. The van der Waals surface area contributed by atoms with Gasteiger partial charge in [0.15, 0.2) is 5.65 Å². The molecule has 1 amide bonds. The molecule has 2 N–H and O–H groups in total. The van der Waals surface area contributed by atoms with Gasteiger partial charge in [-0.05, 0) is 37.1 Å². The van der Waals surface area contributed by atoms with Crippen molar-refractivity contribution in [2.75, 3.05) is 36.0 Å². The highest BCUT2D eigenvalue weighted by atomic mass is 16.4. The van der Waals surface area contributed by atoms with E-state index in [9.17, 15) is 9.90 Å². The van der Waals surface area contributed by atoms with Gasteiger partial charge in [-0.15, -0.1) is 0 Å². The second-order valence-electron chi connectivity index (χ2n) is 8.63. The number of hydrogen-bond donors (Lipinski definition) is 2. The number of anilines is 3. The average molecular weight is 436 g/mol. The van der Waals surface area contributed by atoms with Gasteiger partial charge < -0.3 is 19.8 Å². The smallest absolute Gasteiger partial charge is 0.407 e. The van der Waals surface area contributed by atoms with E-state index in [1.54, 1.807) is 6.20 Å². The summed E-state index contributed by atoms with van der Waals surface area (Å²) in [6.45, 7) is 2.47. The Hall–Kier alpha value is -3.36. The minimum atomic E-state index is -0.840. The Kier molecular flexibility index (Phi) is 5.79. The Bertz CT molecular complexity index is 1050. The van der Waals surface area contributed by atoms with Crippen molar-refractivity contribution in [3.63, 3.8) is 0 Å². The highest BCUT2D eigenvalue weighted by molar-refractivity contribution is 5.75. The number of hydrogen-bond acceptors (Lipinski definition) is 6. The third-order valence-corrected chi connectivity index (χ3v) is 6.63. The minimum absolute atomic E-state index is 0.364. The van der Waals surface area contributed by atoms with Gasteiger partial charge in [-0.3, -0.25) is 5.10 Å². The van der Waals surface area contributed by atoms with Gasteiger partial charge in [0.2, 0.25) is 5.95 Å². The highest BCUT2D eigenvalue weighted by Crippen LogP contribution is 2.33. The van der Waals surface area contributed by atoms with Crippen molar-refractivity contribution in [1.29, 1.82) is 0 Å². The van der Waals surface area contributed by atoms with Gasteiger partial charge in [0.1, 0.15) is 0 Å². The molecule has 1 saturated heterocycles. The van der Waals surface area contributed by atoms with Crippen molar-refractivity contribution in [3.05, 3.63) is 36.7 Å². The molecule has 0 bridgehead atoms. The first-order valence-electron chi connectivity index (χ1n) is 11.5. The lowest BCUT2D eigenvalue weighted by molar-refractivity contribution is 0.142. The molecule has 2 aliphatic rings. The monoisotopic (exact) mass is 435 g/mol. The van der Waals surface area contributed by atoms with Crippen LogP contribution in [-0.2, 0) is 0 Å². The van der Waals surface area contributed by atoms with E-state index in [1.807, 2.05) is 6.20 Å². The Morgan fingerprint density at radius 2 is 1.72 bits per heavy atom. The number of piperazine rings is 1. The van der Waals surface area contributed by atoms with Gasteiger partial charge in [0, 0.05) is 49.8 Å². The van der Waals surface area contributed by atoms with E-state index in [4.69, 9.17) is 4.98 Å². The maximum atomic E-state index is 11.2. The molecule has 3 aromatic rings. The first-order chi connectivity index (χ1) is 15.7. The lowest BCUT2D eigenvalue weighted by Gasteiger charge is -2.35. The molecule has 32 heavy (non-hydrogen) atoms. The summed E-state index contributed by atoms with van der Waals surface area (Å²) in [6, 6.07) is 8.91. The molecule has 1 aliphatic carbocycles. The number of benzene rings is 1. The summed E-state index contributed by atoms with van der Waals surface area (Å²) < 4.78 is 0. The largest absolute Gasteiger partial charge is 0.465 e. The van der Waals surface area contributed by atoms with Gasteiger partial charge in [-0.25, -0.2) is 9.78 Å². The molecule has 5 rings (SSSR count). The van der Waals surface area contributed by atoms with Crippen LogP contribution >= 0.6 is 0 Å². The molecule has 2 fully saturated rings. The second-order valence-corrected chi connectivity index (χ2v) is 8.63. The number of nitrogens with one attached hydrogen (secondary N) is 1. The lowest BCUT2D eigenvalue weighted by Crippen LogP contribution is -2.48. The van der Waals surface area contributed by atoms with Crippen molar-refractivity contribution in [1.82, 2.24) is 25.1 Å². The molecule has 3 heterocycles. The van der Waals surface area contributed by atoms with Crippen LogP contribution in [0.1, 0.15) is 38.5 Å². The third kappa shape index (κ3) is 4.19. The standard InChI is InChI=1S/C23H29N7O2/c31-23(32)29-13-11-28(12-14-29)18-7-9-20(10-8-18)30(19-5-3-1-2-4-6-19)22-24-15-17-16-25-27-21(17)26-22/h7-10,15-16,19H,1-6,11-14H2,(H,31,32)(H,24,25,26,27). The molecule has 0 spiro atoms. The first-order valence-corrected chi connectivity index (χ1v) is 11.5. The molecule has 0 radical (unpaired) electrons. The summed E-state index contributed by atoms with van der Waals surface area (Å²) in [5.74, 6) is 0.705. The number of aromatic nitrogens is 4. The van der Waals surface area contributed by atoms with Crippen LogP contribution in [0.15, 0.2) is 36.7 Å². The molecule has 1 aliphatic heterocycles. The van der Waals surface area contributed by atoms with Crippen LogP contribution in [0.3, 0.4) is 0 Å². The molecule has 0 atom stereocenters. The molecule has 1 saturated carbocycles. The number of rotatable bonds is 4. The summed E-state index contributed by atoms with van der Waals surface area (Å²) in [4.78, 5) is 26.6. The molecular weight excluding hydrogens is 406 g/mol. The maximum absolute atomic E-state index is 11.2. The SMILES string of the molecule is O=C(O)N1CCN(c2ccc(N(c3ncc4cn[nH]c4n3)C3CCCCCC3)cc2)CC1. The summed E-state index contributed by atoms with van der Waals surface area (Å²) in [7, 11) is 0. The van der Waals surface area contributed by atoms with Gasteiger partial charge in [0.05, 0.1) is 11.6 Å². The fourth-order valence-electron chi connectivity index (χ4n) is 4.83. The summed E-state index contributed by atoms with van der Waals surface area (Å²) in [6.07, 6.45) is 10.0. The lowest BCUT2D eigenvalue weighted by atomic mass is 10.1. The van der Waals surface area contributed by atoms with E-state index in [0.717, 1.165) is 35.2 Å². The Labute approximate surface area is 187 Å². The number of aromatic amines is 1. The summed E-state index contributed by atoms with van der Waals surface area (Å²) in [5, 5.41) is 17.1. The topological polar surface area (TPSA) is 101 Å². The number of nitrogens with zero attached hydrogens (tertiary/aromatic N) is 6. The molecule has 0 unspecified atom stereocenters. The fraction of sp³-hybridized carbons (Fsp3) is 0.478. The second kappa shape index (κ2) is 9.02. The van der Waals surface area contributed by atoms with Gasteiger partial charge >= 0.3 is 6.09 Å². The minimum Gasteiger partial charge on any atom is -0.465 e. The van der Waals surface area contributed by atoms with Gasteiger partial charge in [-0.1, -0.05) is 25.7 Å². The van der Waals surface area contributed by atoms with Crippen LogP contribution in [0, 0.1) is 0 Å². The van der Waals surface area contributed by atoms with E-state index >= 15 is 0 Å². The molecule has 9 nitrogen and oxygen atoms in total. The zero-order chi connectivity index (χ0) is 21.9. The number of amides is 1. The number of H-pyrrole nitrogens is 1. The average Bonchev–Trinajstić information content (AvgIpc) is 3.13. The van der Waals surface area contributed by atoms with Crippen LogP contribution in [0.4, 0.5) is 22.1 Å². The molecule has 9 heteroatoms. The van der Waals surface area contributed by atoms with Crippen LogP contribution in [-0.4, -0.2) is 68.5 Å². The Balaban J connectivity index is 1.41. The van der Waals surface area contributed by atoms with Gasteiger partial charge in [0.25, 0.3) is 0 Å². The van der Waals surface area contributed by atoms with Crippen molar-refractivity contribution in [3.8, 4) is 0 Å². The zero-order valence-electron chi connectivity index (χ0n) is 18.2. The van der Waals surface area contributed by atoms with Crippen molar-refractivity contribution in [2.45, 2.75) is 44.6 Å². The maximum Gasteiger partial charge on any atom is 0.407 e. The van der Waals surface area contributed by atoms with E-state index in [1.165, 1.54) is 30.6 Å². The zero-order valence-corrected chi connectivity index (χ0v) is 18.2. The summed E-state index contributed by atoms with van der Waals surface area (Å²) in [5.41, 5.74) is 2.95. The Morgan fingerprint density at radius 3 is 2.41 bits per heavy atom. The summed E-state index contributed by atoms with van der Waals surface area (Å²) >= 11 is 0. The molecular formula is C23H29N7O2. The third-order valence-electron chi connectivity index (χ3n) is 6.63. The molecule has 2 aromatic heterocycles. The quantitative estimate of drug-likeness (QED) is 0.597. The number of carboxylic acid groups (broad SMARTS) is 1. The van der Waals surface area contributed by atoms with Crippen molar-refractivity contribution < 1.29 is 9.90 Å². The normalized spacial score (nSPS) is 18.0. The Morgan fingerprint density at radius 1 is 1.00 bits per heavy atom. The van der Waals surface area contributed by atoms with Crippen LogP contribution in [0.25, 0.3) is 11.0 Å². The van der Waals surface area contributed by atoms with E-state index in [2.05, 4.69) is 49.2 Å². The van der Waals surface area contributed by atoms with Gasteiger partial charge in [-0.2, -0.15) is 10.1 Å². The molecule has 1 aromatic carbocycles. The van der Waals surface area contributed by atoms with Crippen molar-refractivity contribution in [2.24, 2.45) is 0 Å². The first kappa shape index (κ1) is 20.5.